The highest BCUT2D eigenvalue weighted by Crippen LogP contribution is 2.24. The van der Waals surface area contributed by atoms with Gasteiger partial charge in [-0.05, 0) is 51.0 Å². The number of carbonyl (C=O) groups excluding carboxylic acids is 1. The summed E-state index contributed by atoms with van der Waals surface area (Å²) in [4.78, 5) is 14.9. The fourth-order valence-electron chi connectivity index (χ4n) is 3.65. The average molecular weight is 391 g/mol. The van der Waals surface area contributed by atoms with Crippen LogP contribution in [0, 0.1) is 13.8 Å². The van der Waals surface area contributed by atoms with Gasteiger partial charge in [0, 0.05) is 43.3 Å². The molecule has 4 rings (SSSR count). The van der Waals surface area contributed by atoms with E-state index in [0.717, 1.165) is 41.5 Å². The molecule has 1 aliphatic heterocycles. The normalized spacial score (nSPS) is 13.6. The molecule has 0 bridgehead atoms. The molecule has 0 spiro atoms. The third-order valence-electron chi connectivity index (χ3n) is 5.26. The summed E-state index contributed by atoms with van der Waals surface area (Å²) in [5.74, 6) is 0.547. The van der Waals surface area contributed by atoms with Crippen LogP contribution in [0.1, 0.15) is 34.6 Å². The maximum absolute atomic E-state index is 12.6. The van der Waals surface area contributed by atoms with E-state index in [1.807, 2.05) is 51.2 Å². The highest BCUT2D eigenvalue weighted by Gasteiger charge is 2.17. The van der Waals surface area contributed by atoms with Crippen molar-refractivity contribution < 1.29 is 4.79 Å². The molecule has 0 atom stereocenters. The molecule has 1 aliphatic rings. The lowest BCUT2D eigenvalue weighted by Crippen LogP contribution is -2.18. The van der Waals surface area contributed by atoms with Gasteiger partial charge in [-0.2, -0.15) is 10.2 Å². The smallest absolute Gasteiger partial charge is 0.259 e. The molecular formula is C21H25N7O. The van der Waals surface area contributed by atoms with Gasteiger partial charge in [-0.15, -0.1) is 5.10 Å². The van der Waals surface area contributed by atoms with Gasteiger partial charge in [0.1, 0.15) is 0 Å². The van der Waals surface area contributed by atoms with Crippen LogP contribution in [0.5, 0.6) is 0 Å². The highest BCUT2D eigenvalue weighted by atomic mass is 16.1. The second-order valence-electron chi connectivity index (χ2n) is 7.32. The number of nitrogens with one attached hydrogen (secondary N) is 2. The zero-order valence-corrected chi connectivity index (χ0v) is 16.9. The number of hydrogen-bond donors (Lipinski definition) is 2. The van der Waals surface area contributed by atoms with Gasteiger partial charge in [0.15, 0.2) is 5.82 Å². The average Bonchev–Trinajstić information content (AvgIpc) is 3.32. The SMILES string of the molecule is Cc1nn(C)c(C)c1C(=O)Nc1ccc(Nc2cc(N3CCCC3)cnn2)cc1. The largest absolute Gasteiger partial charge is 0.370 e. The number of benzene rings is 1. The van der Waals surface area contributed by atoms with E-state index in [0.29, 0.717) is 11.4 Å². The minimum Gasteiger partial charge on any atom is -0.370 e. The van der Waals surface area contributed by atoms with Crippen molar-refractivity contribution in [1.29, 1.82) is 0 Å². The fourth-order valence-corrected chi connectivity index (χ4v) is 3.65. The second kappa shape index (κ2) is 7.90. The van der Waals surface area contributed by atoms with E-state index in [9.17, 15) is 4.79 Å². The molecule has 2 aromatic heterocycles. The van der Waals surface area contributed by atoms with Gasteiger partial charge in [-0.25, -0.2) is 0 Å². The first-order valence-electron chi connectivity index (χ1n) is 9.77. The summed E-state index contributed by atoms with van der Waals surface area (Å²) in [6.07, 6.45) is 4.24. The van der Waals surface area contributed by atoms with Crippen LogP contribution in [0.2, 0.25) is 0 Å². The lowest BCUT2D eigenvalue weighted by Gasteiger charge is -2.17. The summed E-state index contributed by atoms with van der Waals surface area (Å²) < 4.78 is 1.72. The molecule has 29 heavy (non-hydrogen) atoms. The number of carbonyl (C=O) groups is 1. The molecule has 3 aromatic rings. The van der Waals surface area contributed by atoms with Crippen molar-refractivity contribution in [1.82, 2.24) is 20.0 Å². The summed E-state index contributed by atoms with van der Waals surface area (Å²) in [6, 6.07) is 9.55. The van der Waals surface area contributed by atoms with Crippen LogP contribution in [0.25, 0.3) is 0 Å². The molecule has 2 N–H and O–H groups in total. The quantitative estimate of drug-likeness (QED) is 0.693. The maximum Gasteiger partial charge on any atom is 0.259 e. The number of anilines is 4. The summed E-state index contributed by atoms with van der Waals surface area (Å²) in [5, 5.41) is 18.8. The van der Waals surface area contributed by atoms with Gasteiger partial charge < -0.3 is 15.5 Å². The lowest BCUT2D eigenvalue weighted by molar-refractivity contribution is 0.102. The van der Waals surface area contributed by atoms with Crippen LogP contribution in [-0.4, -0.2) is 39.0 Å². The summed E-state index contributed by atoms with van der Waals surface area (Å²) in [5.41, 5.74) is 4.87. The van der Waals surface area contributed by atoms with Crippen molar-refractivity contribution in [3.05, 3.63) is 53.5 Å². The Labute approximate surface area is 169 Å². The molecule has 1 aromatic carbocycles. The Morgan fingerprint density at radius 1 is 1.07 bits per heavy atom. The van der Waals surface area contributed by atoms with Gasteiger partial charge in [0.05, 0.1) is 23.1 Å². The maximum atomic E-state index is 12.6. The molecule has 1 amide bonds. The van der Waals surface area contributed by atoms with Gasteiger partial charge in [0.25, 0.3) is 5.91 Å². The lowest BCUT2D eigenvalue weighted by atomic mass is 10.1. The molecule has 0 unspecified atom stereocenters. The van der Waals surface area contributed by atoms with E-state index in [1.165, 1.54) is 12.8 Å². The van der Waals surface area contributed by atoms with Crippen LogP contribution < -0.4 is 15.5 Å². The Morgan fingerprint density at radius 2 is 1.76 bits per heavy atom. The molecule has 1 saturated heterocycles. The Kier molecular flexibility index (Phi) is 5.16. The van der Waals surface area contributed by atoms with E-state index in [4.69, 9.17) is 0 Å². The third-order valence-corrected chi connectivity index (χ3v) is 5.26. The standard InChI is InChI=1S/C21H25N7O/c1-14-20(15(2)27(3)26-14)21(29)24-17-8-6-16(7-9-17)23-19-12-18(13-22-25-19)28-10-4-5-11-28/h6-9,12-13H,4-5,10-11H2,1-3H3,(H,23,25)(H,24,29). The highest BCUT2D eigenvalue weighted by molar-refractivity contribution is 6.05. The van der Waals surface area contributed by atoms with Crippen molar-refractivity contribution in [2.24, 2.45) is 7.05 Å². The van der Waals surface area contributed by atoms with E-state index in [1.54, 1.807) is 10.9 Å². The zero-order chi connectivity index (χ0) is 20.4. The summed E-state index contributed by atoms with van der Waals surface area (Å²) in [7, 11) is 1.83. The number of amides is 1. The minimum absolute atomic E-state index is 0.155. The zero-order valence-electron chi connectivity index (χ0n) is 16.9. The number of aryl methyl sites for hydroxylation is 2. The molecule has 1 fully saturated rings. The third kappa shape index (κ3) is 4.06. The molecule has 150 valence electrons. The molecule has 0 saturated carbocycles. The van der Waals surface area contributed by atoms with Gasteiger partial charge in [0.2, 0.25) is 0 Å². The molecule has 3 heterocycles. The molecule has 8 heteroatoms. The molecular weight excluding hydrogens is 366 g/mol. The number of nitrogens with zero attached hydrogens (tertiary/aromatic N) is 5. The fraction of sp³-hybridized carbons (Fsp3) is 0.333. The van der Waals surface area contributed by atoms with Crippen molar-refractivity contribution >= 4 is 28.8 Å². The number of rotatable bonds is 5. The van der Waals surface area contributed by atoms with Crippen molar-refractivity contribution in [3.8, 4) is 0 Å². The van der Waals surface area contributed by atoms with Crippen molar-refractivity contribution in [2.45, 2.75) is 26.7 Å². The van der Waals surface area contributed by atoms with Crippen LogP contribution in [0.3, 0.4) is 0 Å². The first kappa shape index (κ1) is 18.9. The minimum atomic E-state index is -0.155. The van der Waals surface area contributed by atoms with Crippen LogP contribution in [0.4, 0.5) is 22.9 Å². The van der Waals surface area contributed by atoms with E-state index >= 15 is 0 Å². The van der Waals surface area contributed by atoms with Crippen LogP contribution >= 0.6 is 0 Å². The van der Waals surface area contributed by atoms with Crippen LogP contribution in [-0.2, 0) is 7.05 Å². The van der Waals surface area contributed by atoms with E-state index in [2.05, 4.69) is 30.8 Å². The number of hydrogen-bond acceptors (Lipinski definition) is 6. The monoisotopic (exact) mass is 391 g/mol. The van der Waals surface area contributed by atoms with Gasteiger partial charge in [-0.1, -0.05) is 0 Å². The van der Waals surface area contributed by atoms with Crippen LogP contribution in [0.15, 0.2) is 36.5 Å². The Balaban J connectivity index is 1.43. The Bertz CT molecular complexity index is 1020. The molecule has 8 nitrogen and oxygen atoms in total. The topological polar surface area (TPSA) is 88.0 Å². The molecule has 0 aliphatic carbocycles. The first-order chi connectivity index (χ1) is 14.0. The molecule has 0 radical (unpaired) electrons. The predicted octanol–water partition coefficient (Wildman–Crippen LogP) is 3.42. The Hall–Kier alpha value is -3.42. The summed E-state index contributed by atoms with van der Waals surface area (Å²) >= 11 is 0. The predicted molar refractivity (Wildman–Crippen MR) is 114 cm³/mol. The van der Waals surface area contributed by atoms with Crippen molar-refractivity contribution in [2.75, 3.05) is 28.6 Å². The number of aromatic nitrogens is 4. The Morgan fingerprint density at radius 3 is 2.41 bits per heavy atom. The second-order valence-corrected chi connectivity index (χ2v) is 7.32. The van der Waals surface area contributed by atoms with Crippen molar-refractivity contribution in [3.63, 3.8) is 0 Å². The van der Waals surface area contributed by atoms with Gasteiger partial charge in [-0.3, -0.25) is 9.48 Å². The first-order valence-corrected chi connectivity index (χ1v) is 9.77. The summed E-state index contributed by atoms with van der Waals surface area (Å²) in [6.45, 7) is 5.86. The van der Waals surface area contributed by atoms with E-state index < -0.39 is 0 Å². The van der Waals surface area contributed by atoms with Gasteiger partial charge >= 0.3 is 0 Å². The van der Waals surface area contributed by atoms with E-state index in [-0.39, 0.29) is 5.91 Å².